The summed E-state index contributed by atoms with van der Waals surface area (Å²) >= 11 is 3.46. The average molecular weight is 313 g/mol. The molecule has 1 aliphatic heterocycles. The van der Waals surface area contributed by atoms with Crippen molar-refractivity contribution in [1.82, 2.24) is 0 Å². The summed E-state index contributed by atoms with van der Waals surface area (Å²) in [7, 11) is 0. The first-order valence-corrected chi connectivity index (χ1v) is 7.52. The van der Waals surface area contributed by atoms with Crippen LogP contribution in [-0.2, 0) is 4.74 Å². The molecule has 3 heteroatoms. The highest BCUT2D eigenvalue weighted by atomic mass is 79.9. The lowest BCUT2D eigenvalue weighted by molar-refractivity contribution is 0.0944. The Morgan fingerprint density at radius 1 is 1.50 bits per heavy atom. The van der Waals surface area contributed by atoms with E-state index in [2.05, 4.69) is 15.9 Å². The molecule has 1 N–H and O–H groups in total. The van der Waals surface area contributed by atoms with E-state index in [0.717, 1.165) is 41.5 Å². The van der Waals surface area contributed by atoms with Gasteiger partial charge in [-0.15, -0.1) is 0 Å². The molecule has 0 bridgehead atoms. The van der Waals surface area contributed by atoms with E-state index in [9.17, 15) is 5.11 Å². The molecular weight excluding hydrogens is 292 g/mol. The van der Waals surface area contributed by atoms with Crippen molar-refractivity contribution in [1.29, 1.82) is 0 Å². The van der Waals surface area contributed by atoms with Gasteiger partial charge in [-0.1, -0.05) is 22.0 Å². The summed E-state index contributed by atoms with van der Waals surface area (Å²) in [6, 6.07) is 6.08. The molecular formula is C15H21BrO2. The van der Waals surface area contributed by atoms with Crippen LogP contribution in [0, 0.1) is 6.92 Å². The van der Waals surface area contributed by atoms with Crippen LogP contribution in [0.25, 0.3) is 0 Å². The van der Waals surface area contributed by atoms with Gasteiger partial charge in [-0.25, -0.2) is 0 Å². The molecule has 2 atom stereocenters. The quantitative estimate of drug-likeness (QED) is 0.885. The topological polar surface area (TPSA) is 29.5 Å². The third-order valence-corrected chi connectivity index (χ3v) is 4.12. The summed E-state index contributed by atoms with van der Waals surface area (Å²) in [5.41, 5.74) is 2.19. The molecule has 1 fully saturated rings. The van der Waals surface area contributed by atoms with Crippen LogP contribution in [0.2, 0.25) is 0 Å². The Kier molecular flexibility index (Phi) is 5.22. The Labute approximate surface area is 117 Å². The van der Waals surface area contributed by atoms with Crippen LogP contribution in [0.15, 0.2) is 22.7 Å². The Hall–Kier alpha value is -0.380. The van der Waals surface area contributed by atoms with Crippen LogP contribution in [0.5, 0.6) is 0 Å². The minimum Gasteiger partial charge on any atom is -0.388 e. The first kappa shape index (κ1) is 14.0. The number of ether oxygens (including phenoxy) is 1. The molecule has 1 saturated heterocycles. The van der Waals surface area contributed by atoms with Crippen LogP contribution in [0.1, 0.15) is 49.3 Å². The fourth-order valence-corrected chi connectivity index (χ4v) is 2.92. The second kappa shape index (κ2) is 6.69. The van der Waals surface area contributed by atoms with E-state index >= 15 is 0 Å². The largest absolute Gasteiger partial charge is 0.388 e. The Bertz CT molecular complexity index is 386. The van der Waals surface area contributed by atoms with E-state index in [1.807, 2.05) is 25.1 Å². The van der Waals surface area contributed by atoms with Crippen molar-refractivity contribution < 1.29 is 9.84 Å². The first-order chi connectivity index (χ1) is 8.66. The lowest BCUT2D eigenvalue weighted by atomic mass is 9.98. The van der Waals surface area contributed by atoms with Crippen LogP contribution in [0.4, 0.5) is 0 Å². The molecule has 2 nitrogen and oxygen atoms in total. The predicted molar refractivity (Wildman–Crippen MR) is 76.7 cm³/mol. The number of hydrogen-bond acceptors (Lipinski definition) is 2. The maximum absolute atomic E-state index is 10.2. The minimum atomic E-state index is -0.357. The highest BCUT2D eigenvalue weighted by Crippen LogP contribution is 2.27. The molecule has 0 spiro atoms. The van der Waals surface area contributed by atoms with E-state index < -0.39 is 0 Å². The molecule has 1 aromatic rings. The number of hydrogen-bond donors (Lipinski definition) is 1. The maximum Gasteiger partial charge on any atom is 0.0793 e. The van der Waals surface area contributed by atoms with Gasteiger partial charge in [0.2, 0.25) is 0 Å². The third-order valence-electron chi connectivity index (χ3n) is 3.63. The second-order valence-electron chi connectivity index (χ2n) is 5.08. The van der Waals surface area contributed by atoms with Crippen LogP contribution in [-0.4, -0.2) is 17.8 Å². The summed E-state index contributed by atoms with van der Waals surface area (Å²) in [4.78, 5) is 0. The number of aryl methyl sites for hydroxylation is 1. The zero-order valence-corrected chi connectivity index (χ0v) is 12.4. The number of aliphatic hydroxyl groups is 1. The number of aliphatic hydroxyl groups excluding tert-OH is 1. The van der Waals surface area contributed by atoms with Crippen molar-refractivity contribution in [3.05, 3.63) is 33.8 Å². The van der Waals surface area contributed by atoms with E-state index in [-0.39, 0.29) is 6.10 Å². The standard InChI is InChI=1S/C15H21BrO2/c1-11-7-8-12(16)10-14(11)15(17)6-2-4-13-5-3-9-18-13/h7-8,10,13,15,17H,2-6,9H2,1H3. The number of halogens is 1. The molecule has 0 amide bonds. The molecule has 1 aliphatic rings. The smallest absolute Gasteiger partial charge is 0.0793 e. The molecule has 0 saturated carbocycles. The molecule has 0 radical (unpaired) electrons. The van der Waals surface area contributed by atoms with Gasteiger partial charge >= 0.3 is 0 Å². The van der Waals surface area contributed by atoms with Gasteiger partial charge in [0.1, 0.15) is 0 Å². The number of rotatable bonds is 5. The van der Waals surface area contributed by atoms with Crippen molar-refractivity contribution in [3.63, 3.8) is 0 Å². The zero-order chi connectivity index (χ0) is 13.0. The van der Waals surface area contributed by atoms with Crippen molar-refractivity contribution >= 4 is 15.9 Å². The molecule has 100 valence electrons. The Morgan fingerprint density at radius 2 is 2.33 bits per heavy atom. The van der Waals surface area contributed by atoms with Crippen molar-refractivity contribution in [2.45, 2.75) is 51.2 Å². The number of benzene rings is 1. The molecule has 18 heavy (non-hydrogen) atoms. The molecule has 1 aromatic carbocycles. The highest BCUT2D eigenvalue weighted by Gasteiger charge is 2.16. The summed E-state index contributed by atoms with van der Waals surface area (Å²) < 4.78 is 6.62. The zero-order valence-electron chi connectivity index (χ0n) is 10.9. The van der Waals surface area contributed by atoms with Gasteiger partial charge in [0.25, 0.3) is 0 Å². The SMILES string of the molecule is Cc1ccc(Br)cc1C(O)CCCC1CCCO1. The third kappa shape index (κ3) is 3.81. The fraction of sp³-hybridized carbons (Fsp3) is 0.600. The monoisotopic (exact) mass is 312 g/mol. The first-order valence-electron chi connectivity index (χ1n) is 6.72. The summed E-state index contributed by atoms with van der Waals surface area (Å²) in [5.74, 6) is 0. The van der Waals surface area contributed by atoms with E-state index in [1.54, 1.807) is 0 Å². The van der Waals surface area contributed by atoms with Crippen molar-refractivity contribution in [2.75, 3.05) is 6.61 Å². The summed E-state index contributed by atoms with van der Waals surface area (Å²) in [6.45, 7) is 2.96. The Balaban J connectivity index is 1.83. The summed E-state index contributed by atoms with van der Waals surface area (Å²) in [5, 5.41) is 10.2. The normalized spacial score (nSPS) is 21.2. The van der Waals surface area contributed by atoms with Gasteiger partial charge in [-0.2, -0.15) is 0 Å². The predicted octanol–water partition coefficient (Wildman–Crippen LogP) is 4.14. The maximum atomic E-state index is 10.2. The van der Waals surface area contributed by atoms with Gasteiger partial charge in [0.15, 0.2) is 0 Å². The van der Waals surface area contributed by atoms with Gasteiger partial charge in [0, 0.05) is 11.1 Å². The van der Waals surface area contributed by atoms with Gasteiger partial charge in [-0.3, -0.25) is 0 Å². The lowest BCUT2D eigenvalue weighted by Crippen LogP contribution is -2.06. The van der Waals surface area contributed by atoms with Crippen LogP contribution >= 0.6 is 15.9 Å². The van der Waals surface area contributed by atoms with Crippen LogP contribution < -0.4 is 0 Å². The average Bonchev–Trinajstić information content (AvgIpc) is 2.85. The van der Waals surface area contributed by atoms with Gasteiger partial charge in [0.05, 0.1) is 12.2 Å². The molecule has 1 heterocycles. The van der Waals surface area contributed by atoms with Gasteiger partial charge < -0.3 is 9.84 Å². The van der Waals surface area contributed by atoms with Crippen molar-refractivity contribution in [3.8, 4) is 0 Å². The molecule has 0 aromatic heterocycles. The van der Waals surface area contributed by atoms with Gasteiger partial charge in [-0.05, 0) is 62.3 Å². The second-order valence-corrected chi connectivity index (χ2v) is 6.00. The minimum absolute atomic E-state index is 0.357. The lowest BCUT2D eigenvalue weighted by Gasteiger charge is -2.15. The van der Waals surface area contributed by atoms with E-state index in [1.165, 1.54) is 12.8 Å². The molecule has 0 aliphatic carbocycles. The van der Waals surface area contributed by atoms with Crippen molar-refractivity contribution in [2.24, 2.45) is 0 Å². The van der Waals surface area contributed by atoms with E-state index in [4.69, 9.17) is 4.74 Å². The van der Waals surface area contributed by atoms with E-state index in [0.29, 0.717) is 6.10 Å². The molecule has 2 unspecified atom stereocenters. The highest BCUT2D eigenvalue weighted by molar-refractivity contribution is 9.10. The van der Waals surface area contributed by atoms with Crippen LogP contribution in [0.3, 0.4) is 0 Å². The fourth-order valence-electron chi connectivity index (χ4n) is 2.54. The summed E-state index contributed by atoms with van der Waals surface area (Å²) in [6.07, 6.45) is 5.37. The Morgan fingerprint density at radius 3 is 3.06 bits per heavy atom. The molecule has 2 rings (SSSR count).